The molecule has 2 heterocycles. The lowest BCUT2D eigenvalue weighted by atomic mass is 10.3. The molecule has 0 saturated carbocycles. The molecule has 16 heavy (non-hydrogen) atoms. The first-order chi connectivity index (χ1) is 6.79. The van der Waals surface area contributed by atoms with E-state index in [9.17, 15) is 5.11 Å². The normalized spacial score (nSPS) is 18.2. The number of aromatic nitrogens is 1. The van der Waals surface area contributed by atoms with Crippen molar-refractivity contribution in [2.75, 3.05) is 6.54 Å². The molecule has 0 saturated heterocycles. The average Bonchev–Trinajstić information content (AvgIpc) is 2.38. The van der Waals surface area contributed by atoms with Crippen molar-refractivity contribution in [1.29, 1.82) is 0 Å². The number of halogens is 2. The van der Waals surface area contributed by atoms with Gasteiger partial charge in [-0.3, -0.25) is 0 Å². The maximum Gasteiger partial charge on any atom is 0.211 e. The summed E-state index contributed by atoms with van der Waals surface area (Å²) < 4.78 is 5.72. The van der Waals surface area contributed by atoms with E-state index in [0.717, 1.165) is 24.4 Å². The standard InChI is InChI=1S/C10H14N2O2.2ClH/c1-2-7-5-11-6-8-9(14-7)3-4-10(13)12-8;;/h3-4,7,11H,2,5-6H2,1H3,(H,12,13);2*1H/t7-;;/m1../s1. The minimum absolute atomic E-state index is 0. The Morgan fingerprint density at radius 3 is 2.94 bits per heavy atom. The largest absolute Gasteiger partial charge is 0.493 e. The van der Waals surface area contributed by atoms with Gasteiger partial charge in [0.2, 0.25) is 5.88 Å². The SMILES string of the molecule is CC[C@@H]1CNCc2nc(O)ccc2O1.Cl.Cl. The summed E-state index contributed by atoms with van der Waals surface area (Å²) in [6, 6.07) is 3.32. The highest BCUT2D eigenvalue weighted by molar-refractivity contribution is 5.85. The number of nitrogens with zero attached hydrogens (tertiary/aromatic N) is 1. The molecular formula is C10H16Cl2N2O2. The predicted octanol–water partition coefficient (Wildman–Crippen LogP) is 1.89. The Balaban J connectivity index is 0.00000112. The number of ether oxygens (including phenoxy) is 1. The molecule has 0 spiro atoms. The Labute approximate surface area is 107 Å². The molecule has 2 rings (SSSR count). The van der Waals surface area contributed by atoms with Crippen molar-refractivity contribution in [3.63, 3.8) is 0 Å². The highest BCUT2D eigenvalue weighted by Gasteiger charge is 2.16. The molecule has 6 heteroatoms. The molecule has 0 aromatic carbocycles. The van der Waals surface area contributed by atoms with Crippen LogP contribution in [0.5, 0.6) is 11.6 Å². The van der Waals surface area contributed by atoms with Crippen LogP contribution in [0.2, 0.25) is 0 Å². The van der Waals surface area contributed by atoms with Crippen molar-refractivity contribution in [3.8, 4) is 11.6 Å². The zero-order valence-corrected chi connectivity index (χ0v) is 10.6. The van der Waals surface area contributed by atoms with Crippen LogP contribution in [0.15, 0.2) is 12.1 Å². The van der Waals surface area contributed by atoms with E-state index in [4.69, 9.17) is 4.74 Å². The predicted molar refractivity (Wildman–Crippen MR) is 66.8 cm³/mol. The molecule has 4 nitrogen and oxygen atoms in total. The molecular weight excluding hydrogens is 251 g/mol. The van der Waals surface area contributed by atoms with Gasteiger partial charge >= 0.3 is 0 Å². The molecule has 0 aliphatic carbocycles. The van der Waals surface area contributed by atoms with Crippen molar-refractivity contribution >= 4 is 24.8 Å². The highest BCUT2D eigenvalue weighted by atomic mass is 35.5. The van der Waals surface area contributed by atoms with Crippen molar-refractivity contribution in [1.82, 2.24) is 10.3 Å². The smallest absolute Gasteiger partial charge is 0.211 e. The van der Waals surface area contributed by atoms with Gasteiger partial charge in [-0.1, -0.05) is 6.92 Å². The molecule has 1 aliphatic rings. The highest BCUT2D eigenvalue weighted by Crippen LogP contribution is 2.23. The summed E-state index contributed by atoms with van der Waals surface area (Å²) in [5.74, 6) is 0.823. The minimum Gasteiger partial charge on any atom is -0.493 e. The summed E-state index contributed by atoms with van der Waals surface area (Å²) in [6.07, 6.45) is 1.16. The van der Waals surface area contributed by atoms with Crippen LogP contribution in [0.1, 0.15) is 19.0 Å². The summed E-state index contributed by atoms with van der Waals surface area (Å²) in [6.45, 7) is 3.57. The second-order valence-electron chi connectivity index (χ2n) is 3.39. The van der Waals surface area contributed by atoms with Gasteiger partial charge in [-0.25, -0.2) is 4.98 Å². The minimum atomic E-state index is 0. The summed E-state index contributed by atoms with van der Waals surface area (Å²) in [5, 5.41) is 12.4. The third-order valence-corrected chi connectivity index (χ3v) is 2.33. The molecule has 0 unspecified atom stereocenters. The third-order valence-electron chi connectivity index (χ3n) is 2.33. The molecule has 1 aromatic heterocycles. The molecule has 2 N–H and O–H groups in total. The van der Waals surface area contributed by atoms with Gasteiger partial charge in [0.25, 0.3) is 0 Å². The fraction of sp³-hybridized carbons (Fsp3) is 0.500. The van der Waals surface area contributed by atoms with Crippen molar-refractivity contribution in [2.24, 2.45) is 0 Å². The number of hydrogen-bond donors (Lipinski definition) is 2. The van der Waals surface area contributed by atoms with E-state index in [1.165, 1.54) is 0 Å². The zero-order valence-electron chi connectivity index (χ0n) is 8.97. The lowest BCUT2D eigenvalue weighted by molar-refractivity contribution is 0.201. The zero-order chi connectivity index (χ0) is 9.97. The fourth-order valence-electron chi connectivity index (χ4n) is 1.51. The van der Waals surface area contributed by atoms with Crippen molar-refractivity contribution < 1.29 is 9.84 Å². The fourth-order valence-corrected chi connectivity index (χ4v) is 1.51. The Hall–Kier alpha value is -0.710. The summed E-state index contributed by atoms with van der Waals surface area (Å²) in [7, 11) is 0. The molecule has 0 bridgehead atoms. The van der Waals surface area contributed by atoms with Gasteiger partial charge in [-0.15, -0.1) is 24.8 Å². The van der Waals surface area contributed by atoms with Crippen molar-refractivity contribution in [2.45, 2.75) is 26.0 Å². The van der Waals surface area contributed by atoms with Gasteiger partial charge < -0.3 is 15.2 Å². The monoisotopic (exact) mass is 266 g/mol. The number of aromatic hydroxyl groups is 1. The maximum absolute atomic E-state index is 9.21. The van der Waals surface area contributed by atoms with E-state index in [2.05, 4.69) is 17.2 Å². The topological polar surface area (TPSA) is 54.4 Å². The molecule has 92 valence electrons. The Kier molecular flexibility index (Phi) is 6.48. The first-order valence-electron chi connectivity index (χ1n) is 4.86. The van der Waals surface area contributed by atoms with Gasteiger partial charge in [-0.2, -0.15) is 0 Å². The van der Waals surface area contributed by atoms with E-state index in [-0.39, 0.29) is 36.8 Å². The van der Waals surface area contributed by atoms with Crippen LogP contribution in [0.25, 0.3) is 0 Å². The van der Waals surface area contributed by atoms with Crippen LogP contribution in [-0.2, 0) is 6.54 Å². The van der Waals surface area contributed by atoms with Gasteiger partial charge in [0.1, 0.15) is 17.5 Å². The number of nitrogens with one attached hydrogen (secondary N) is 1. The second kappa shape index (κ2) is 6.78. The molecule has 1 aromatic rings. The lowest BCUT2D eigenvalue weighted by Gasteiger charge is -2.14. The third kappa shape index (κ3) is 3.40. The van der Waals surface area contributed by atoms with E-state index in [0.29, 0.717) is 6.54 Å². The molecule has 0 amide bonds. The number of pyridine rings is 1. The van der Waals surface area contributed by atoms with Gasteiger partial charge in [0, 0.05) is 19.2 Å². The van der Waals surface area contributed by atoms with Crippen LogP contribution in [-0.4, -0.2) is 22.7 Å². The molecule has 1 aliphatic heterocycles. The Morgan fingerprint density at radius 1 is 1.50 bits per heavy atom. The van der Waals surface area contributed by atoms with E-state index >= 15 is 0 Å². The van der Waals surface area contributed by atoms with Gasteiger partial charge in [-0.05, 0) is 12.5 Å². The summed E-state index contributed by atoms with van der Waals surface area (Å²) >= 11 is 0. The van der Waals surface area contributed by atoms with Crippen molar-refractivity contribution in [3.05, 3.63) is 17.8 Å². The van der Waals surface area contributed by atoms with Crippen LogP contribution < -0.4 is 10.1 Å². The van der Waals surface area contributed by atoms with Crippen LogP contribution in [0, 0.1) is 0 Å². The summed E-state index contributed by atoms with van der Waals surface area (Å²) in [4.78, 5) is 4.01. The molecule has 0 radical (unpaired) electrons. The summed E-state index contributed by atoms with van der Waals surface area (Å²) in [5.41, 5.74) is 0.779. The number of hydrogen-bond acceptors (Lipinski definition) is 4. The van der Waals surface area contributed by atoms with E-state index < -0.39 is 0 Å². The average molecular weight is 267 g/mol. The Morgan fingerprint density at radius 2 is 2.25 bits per heavy atom. The van der Waals surface area contributed by atoms with Crippen LogP contribution in [0.4, 0.5) is 0 Å². The van der Waals surface area contributed by atoms with E-state index in [1.54, 1.807) is 12.1 Å². The van der Waals surface area contributed by atoms with Gasteiger partial charge in [0.15, 0.2) is 0 Å². The van der Waals surface area contributed by atoms with E-state index in [1.807, 2.05) is 0 Å². The van der Waals surface area contributed by atoms with Crippen LogP contribution in [0.3, 0.4) is 0 Å². The molecule has 0 fully saturated rings. The Bertz CT molecular complexity index is 337. The first kappa shape index (κ1) is 15.3. The first-order valence-corrected chi connectivity index (χ1v) is 4.86. The number of rotatable bonds is 1. The lowest BCUT2D eigenvalue weighted by Crippen LogP contribution is -2.27. The molecule has 1 atom stereocenters. The van der Waals surface area contributed by atoms with Gasteiger partial charge in [0.05, 0.1) is 0 Å². The number of fused-ring (bicyclic) bond motifs is 1. The quantitative estimate of drug-likeness (QED) is 0.815. The van der Waals surface area contributed by atoms with Crippen LogP contribution >= 0.6 is 24.8 Å². The maximum atomic E-state index is 9.21. The second-order valence-corrected chi connectivity index (χ2v) is 3.39.